The summed E-state index contributed by atoms with van der Waals surface area (Å²) in [6, 6.07) is 16.9. The number of fused-ring (bicyclic) bond motifs is 1. The molecule has 2 aromatic carbocycles. The van der Waals surface area contributed by atoms with Crippen LogP contribution in [-0.4, -0.2) is 16.4 Å². The van der Waals surface area contributed by atoms with Crippen LogP contribution in [0.1, 0.15) is 62.1 Å². The maximum absolute atomic E-state index is 12.4. The van der Waals surface area contributed by atoms with Crippen molar-refractivity contribution in [3.63, 3.8) is 0 Å². The summed E-state index contributed by atoms with van der Waals surface area (Å²) in [6.45, 7) is 3.15. The Morgan fingerprint density at radius 1 is 0.871 bits per heavy atom. The number of imide groups is 1. The number of rotatable bonds is 10. The minimum absolute atomic E-state index is 0.308. The Labute approximate surface area is 184 Å². The summed E-state index contributed by atoms with van der Waals surface area (Å²) in [5.74, 6) is -0.644. The Hall–Kier alpha value is -3.14. The third-order valence-electron chi connectivity index (χ3n) is 6.00. The molecule has 0 atom stereocenters. The van der Waals surface area contributed by atoms with Crippen molar-refractivity contribution in [1.82, 2.24) is 9.88 Å². The molecule has 4 rings (SSSR count). The first kappa shape index (κ1) is 21.1. The van der Waals surface area contributed by atoms with Gasteiger partial charge in [-0.2, -0.15) is 0 Å². The number of hydrogen-bond acceptors (Lipinski definition) is 2. The quantitative estimate of drug-likeness (QED) is 0.345. The van der Waals surface area contributed by atoms with Gasteiger partial charge in [0, 0.05) is 35.3 Å². The average Bonchev–Trinajstić information content (AvgIpc) is 3.29. The van der Waals surface area contributed by atoms with Crippen LogP contribution in [0.2, 0.25) is 0 Å². The van der Waals surface area contributed by atoms with E-state index in [1.807, 2.05) is 12.3 Å². The fraction of sp³-hybridized carbons (Fsp3) is 0.333. The zero-order valence-electron chi connectivity index (χ0n) is 18.2. The van der Waals surface area contributed by atoms with E-state index < -0.39 is 0 Å². The van der Waals surface area contributed by atoms with Gasteiger partial charge in [-0.1, -0.05) is 75.4 Å². The van der Waals surface area contributed by atoms with E-state index in [-0.39, 0.29) is 11.8 Å². The van der Waals surface area contributed by atoms with Gasteiger partial charge in [0.25, 0.3) is 11.8 Å². The number of carbonyl (C=O) groups excluding carboxylic acids is 2. The van der Waals surface area contributed by atoms with Crippen molar-refractivity contribution < 1.29 is 9.59 Å². The lowest BCUT2D eigenvalue weighted by Gasteiger charge is -2.07. The van der Waals surface area contributed by atoms with Gasteiger partial charge in [-0.3, -0.25) is 14.9 Å². The van der Waals surface area contributed by atoms with Crippen LogP contribution < -0.4 is 5.32 Å². The number of aromatic nitrogens is 1. The monoisotopic (exact) mass is 414 g/mol. The number of amides is 2. The smallest absolute Gasteiger partial charge is 0.258 e. The van der Waals surface area contributed by atoms with E-state index >= 15 is 0 Å². The Bertz CT molecular complexity index is 1110. The maximum atomic E-state index is 12.4. The van der Waals surface area contributed by atoms with Crippen LogP contribution >= 0.6 is 0 Å². The van der Waals surface area contributed by atoms with Crippen LogP contribution in [0, 0.1) is 0 Å². The largest absolute Gasteiger partial charge is 0.347 e. The van der Waals surface area contributed by atoms with E-state index in [1.165, 1.54) is 49.3 Å². The van der Waals surface area contributed by atoms with Gasteiger partial charge in [-0.25, -0.2) is 0 Å². The number of hydrogen-bond donors (Lipinski definition) is 1. The molecule has 4 heteroatoms. The van der Waals surface area contributed by atoms with Gasteiger partial charge in [0.15, 0.2) is 0 Å². The van der Waals surface area contributed by atoms with Gasteiger partial charge in [0.2, 0.25) is 0 Å². The van der Waals surface area contributed by atoms with Gasteiger partial charge < -0.3 is 4.57 Å². The lowest BCUT2D eigenvalue weighted by atomic mass is 10.00. The molecule has 0 spiro atoms. The van der Waals surface area contributed by atoms with E-state index in [2.05, 4.69) is 59.3 Å². The predicted octanol–water partition coefficient (Wildman–Crippen LogP) is 5.63. The zero-order chi connectivity index (χ0) is 21.6. The minimum atomic E-state index is -0.336. The SMILES string of the molecule is CCCCCCCCn1cc(C2=CC(=O)NC2=O)c2cc(Cc3ccccc3)ccc21. The van der Waals surface area contributed by atoms with Crippen LogP contribution in [0.15, 0.2) is 60.8 Å². The standard InChI is InChI=1S/C27H30N2O2/c1-2-3-4-5-6-10-15-29-19-24(23-18-26(30)28-27(23)31)22-17-21(13-14-25(22)29)16-20-11-8-7-9-12-20/h7-9,11-14,17-19H,2-6,10,15-16H2,1H3,(H,28,30,31). The second kappa shape index (κ2) is 9.78. The summed E-state index contributed by atoms with van der Waals surface area (Å²) in [6.07, 6.45) is 11.8. The number of nitrogens with zero attached hydrogens (tertiary/aromatic N) is 1. The molecule has 0 radical (unpaired) electrons. The van der Waals surface area contributed by atoms with Crippen molar-refractivity contribution in [2.75, 3.05) is 0 Å². The third kappa shape index (κ3) is 4.96. The molecule has 1 N–H and O–H groups in total. The number of benzene rings is 2. The van der Waals surface area contributed by atoms with E-state index in [9.17, 15) is 9.59 Å². The molecule has 1 aliphatic rings. The Kier molecular flexibility index (Phi) is 6.66. The molecular weight excluding hydrogens is 384 g/mol. The van der Waals surface area contributed by atoms with Crippen LogP contribution in [-0.2, 0) is 22.6 Å². The highest BCUT2D eigenvalue weighted by Gasteiger charge is 2.25. The van der Waals surface area contributed by atoms with E-state index in [1.54, 1.807) is 0 Å². The average molecular weight is 415 g/mol. The third-order valence-corrected chi connectivity index (χ3v) is 6.00. The van der Waals surface area contributed by atoms with Gasteiger partial charge in [-0.15, -0.1) is 0 Å². The van der Waals surface area contributed by atoms with Crippen LogP contribution in [0.25, 0.3) is 16.5 Å². The van der Waals surface area contributed by atoms with Crippen LogP contribution in [0.5, 0.6) is 0 Å². The van der Waals surface area contributed by atoms with Crippen molar-refractivity contribution in [3.05, 3.63) is 77.5 Å². The Balaban J connectivity index is 1.62. The normalized spacial score (nSPS) is 13.6. The Morgan fingerprint density at radius 3 is 2.39 bits per heavy atom. The molecule has 31 heavy (non-hydrogen) atoms. The molecule has 0 saturated heterocycles. The second-order valence-electron chi connectivity index (χ2n) is 8.39. The van der Waals surface area contributed by atoms with Crippen molar-refractivity contribution in [2.45, 2.75) is 58.4 Å². The van der Waals surface area contributed by atoms with Crippen molar-refractivity contribution in [3.8, 4) is 0 Å². The van der Waals surface area contributed by atoms with E-state index in [4.69, 9.17) is 0 Å². The first-order valence-corrected chi connectivity index (χ1v) is 11.4. The fourth-order valence-electron chi connectivity index (χ4n) is 4.36. The van der Waals surface area contributed by atoms with Crippen molar-refractivity contribution >= 4 is 28.3 Å². The molecule has 2 heterocycles. The van der Waals surface area contributed by atoms with Gasteiger partial charge in [0.05, 0.1) is 5.57 Å². The summed E-state index contributed by atoms with van der Waals surface area (Å²) in [7, 11) is 0. The summed E-state index contributed by atoms with van der Waals surface area (Å²) in [5, 5.41) is 3.42. The summed E-state index contributed by atoms with van der Waals surface area (Å²) >= 11 is 0. The highest BCUT2D eigenvalue weighted by molar-refractivity contribution is 6.35. The van der Waals surface area contributed by atoms with Gasteiger partial charge >= 0.3 is 0 Å². The molecule has 1 aromatic heterocycles. The minimum Gasteiger partial charge on any atom is -0.347 e. The predicted molar refractivity (Wildman–Crippen MR) is 126 cm³/mol. The highest BCUT2D eigenvalue weighted by Crippen LogP contribution is 2.31. The summed E-state index contributed by atoms with van der Waals surface area (Å²) in [5.41, 5.74) is 4.88. The van der Waals surface area contributed by atoms with Gasteiger partial charge in [0.1, 0.15) is 0 Å². The highest BCUT2D eigenvalue weighted by atomic mass is 16.2. The fourth-order valence-corrected chi connectivity index (χ4v) is 4.36. The maximum Gasteiger partial charge on any atom is 0.258 e. The number of aryl methyl sites for hydroxylation is 1. The molecule has 4 nitrogen and oxygen atoms in total. The van der Waals surface area contributed by atoms with E-state index in [0.29, 0.717) is 5.57 Å². The molecular formula is C27H30N2O2. The number of nitrogens with one attached hydrogen (secondary N) is 1. The topological polar surface area (TPSA) is 51.1 Å². The van der Waals surface area contributed by atoms with Gasteiger partial charge in [-0.05, 0) is 36.1 Å². The van der Waals surface area contributed by atoms with Crippen molar-refractivity contribution in [2.24, 2.45) is 0 Å². The molecule has 160 valence electrons. The van der Waals surface area contributed by atoms with Crippen LogP contribution in [0.3, 0.4) is 0 Å². The molecule has 3 aromatic rings. The summed E-state index contributed by atoms with van der Waals surface area (Å²) < 4.78 is 2.24. The molecule has 2 amide bonds. The first-order valence-electron chi connectivity index (χ1n) is 11.4. The lowest BCUT2D eigenvalue weighted by Crippen LogP contribution is -2.21. The van der Waals surface area contributed by atoms with E-state index in [0.717, 1.165) is 35.9 Å². The second-order valence-corrected chi connectivity index (χ2v) is 8.39. The first-order chi connectivity index (χ1) is 15.2. The molecule has 0 aliphatic carbocycles. The Morgan fingerprint density at radius 2 is 1.65 bits per heavy atom. The molecule has 0 unspecified atom stereocenters. The number of carbonyl (C=O) groups is 2. The molecule has 0 bridgehead atoms. The zero-order valence-corrected chi connectivity index (χ0v) is 18.2. The van der Waals surface area contributed by atoms with Crippen LogP contribution in [0.4, 0.5) is 0 Å². The summed E-state index contributed by atoms with van der Waals surface area (Å²) in [4.78, 5) is 24.1. The molecule has 0 saturated carbocycles. The molecule has 0 fully saturated rings. The van der Waals surface area contributed by atoms with Crippen molar-refractivity contribution in [1.29, 1.82) is 0 Å². The molecule has 1 aliphatic heterocycles. The lowest BCUT2D eigenvalue weighted by molar-refractivity contribution is -0.123. The number of unbranched alkanes of at least 4 members (excludes halogenated alkanes) is 5.